The van der Waals surface area contributed by atoms with Crippen molar-refractivity contribution in [2.75, 3.05) is 5.32 Å². The van der Waals surface area contributed by atoms with Gasteiger partial charge >= 0.3 is 0 Å². The Morgan fingerprint density at radius 1 is 0.903 bits per heavy atom. The first-order valence-corrected chi connectivity index (χ1v) is 12.3. The van der Waals surface area contributed by atoms with Crippen molar-refractivity contribution in [3.63, 3.8) is 0 Å². The van der Waals surface area contributed by atoms with Crippen molar-refractivity contribution in [1.82, 2.24) is 0 Å². The number of hydrogen-bond acceptors (Lipinski definition) is 2. The number of aliphatic hydroxyl groups excluding tert-OH is 1. The average molecular weight is 424 g/mol. The van der Waals surface area contributed by atoms with E-state index in [9.17, 15) is 9.90 Å². The fourth-order valence-corrected chi connectivity index (χ4v) is 3.92. The van der Waals surface area contributed by atoms with Crippen molar-refractivity contribution in [3.8, 4) is 0 Å². The molecule has 0 bridgehead atoms. The van der Waals surface area contributed by atoms with Crippen LogP contribution in [0.3, 0.4) is 0 Å². The summed E-state index contributed by atoms with van der Waals surface area (Å²) in [6, 6.07) is 14.2. The molecule has 3 nitrogen and oxygen atoms in total. The van der Waals surface area contributed by atoms with Crippen LogP contribution in [0.15, 0.2) is 54.6 Å². The van der Waals surface area contributed by atoms with Gasteiger partial charge in [-0.05, 0) is 43.6 Å². The molecule has 0 spiro atoms. The Morgan fingerprint density at radius 3 is 2.52 bits per heavy atom. The van der Waals surface area contributed by atoms with Crippen LogP contribution in [0.4, 0.5) is 5.69 Å². The van der Waals surface area contributed by atoms with E-state index in [0.29, 0.717) is 6.42 Å². The third-order valence-electron chi connectivity index (χ3n) is 5.80. The normalized spacial score (nSPS) is 12.5. The summed E-state index contributed by atoms with van der Waals surface area (Å²) in [5.74, 6) is 0.104. The van der Waals surface area contributed by atoms with Crippen LogP contribution >= 0.6 is 0 Å². The fraction of sp³-hybridized carbons (Fsp3) is 0.536. The van der Waals surface area contributed by atoms with Crippen molar-refractivity contribution in [1.29, 1.82) is 0 Å². The van der Waals surface area contributed by atoms with Gasteiger partial charge in [0, 0.05) is 17.5 Å². The Hall–Kier alpha value is -2.13. The van der Waals surface area contributed by atoms with E-state index in [1.54, 1.807) is 0 Å². The summed E-state index contributed by atoms with van der Waals surface area (Å²) >= 11 is 0. The summed E-state index contributed by atoms with van der Waals surface area (Å²) in [5.41, 5.74) is 0.904. The first-order chi connectivity index (χ1) is 15.2. The van der Waals surface area contributed by atoms with E-state index >= 15 is 0 Å². The molecule has 0 aliphatic carbocycles. The highest BCUT2D eigenvalue weighted by molar-refractivity contribution is 6.02. The van der Waals surface area contributed by atoms with Gasteiger partial charge in [-0.15, -0.1) is 0 Å². The summed E-state index contributed by atoms with van der Waals surface area (Å²) in [6.45, 7) is 2.21. The van der Waals surface area contributed by atoms with Gasteiger partial charge in [0.15, 0.2) is 0 Å². The number of carbonyl (C=O) groups is 1. The molecule has 3 heteroatoms. The van der Waals surface area contributed by atoms with Crippen LogP contribution in [0.25, 0.3) is 10.8 Å². The van der Waals surface area contributed by atoms with Crippen molar-refractivity contribution < 1.29 is 9.90 Å². The van der Waals surface area contributed by atoms with E-state index in [-0.39, 0.29) is 12.0 Å². The number of unbranched alkanes of at least 4 members (excludes halogenated alkanes) is 8. The highest BCUT2D eigenvalue weighted by atomic mass is 16.3. The van der Waals surface area contributed by atoms with Gasteiger partial charge in [0.1, 0.15) is 0 Å². The van der Waals surface area contributed by atoms with E-state index in [1.165, 1.54) is 38.5 Å². The molecule has 1 amide bonds. The molecule has 31 heavy (non-hydrogen) atoms. The molecule has 0 unspecified atom stereocenters. The molecule has 0 saturated heterocycles. The second-order valence-corrected chi connectivity index (χ2v) is 8.59. The molecule has 170 valence electrons. The van der Waals surface area contributed by atoms with Crippen LogP contribution < -0.4 is 5.32 Å². The predicted octanol–water partition coefficient (Wildman–Crippen LogP) is 7.79. The molecule has 2 aromatic rings. The van der Waals surface area contributed by atoms with Gasteiger partial charge in [0.2, 0.25) is 5.91 Å². The van der Waals surface area contributed by atoms with Gasteiger partial charge in [-0.1, -0.05) is 100 Å². The lowest BCUT2D eigenvalue weighted by atomic mass is 10.1. The zero-order valence-electron chi connectivity index (χ0n) is 19.3. The minimum atomic E-state index is -0.173. The molecule has 2 rings (SSSR count). The number of allylic oxidation sites excluding steroid dienone is 1. The van der Waals surface area contributed by atoms with Crippen molar-refractivity contribution >= 4 is 22.4 Å². The molecular formula is C28H41NO2. The highest BCUT2D eigenvalue weighted by Gasteiger charge is 2.05. The maximum Gasteiger partial charge on any atom is 0.224 e. The Balaban J connectivity index is 1.47. The Labute approximate surface area is 188 Å². The van der Waals surface area contributed by atoms with E-state index in [4.69, 9.17) is 0 Å². The number of benzene rings is 2. The molecule has 2 aromatic carbocycles. The molecule has 0 fully saturated rings. The largest absolute Gasteiger partial charge is 0.393 e. The first-order valence-electron chi connectivity index (χ1n) is 12.3. The van der Waals surface area contributed by atoms with E-state index < -0.39 is 0 Å². The quantitative estimate of drug-likeness (QED) is 0.214. The zero-order valence-corrected chi connectivity index (χ0v) is 19.3. The SMILES string of the molecule is CCCCCC[C@@H](O)C/C=C\CCCCCCCC(=O)Nc1cccc2ccccc12. The molecular weight excluding hydrogens is 382 g/mol. The second kappa shape index (κ2) is 15.6. The number of amides is 1. The monoisotopic (exact) mass is 423 g/mol. The Kier molecular flexibility index (Phi) is 12.7. The van der Waals surface area contributed by atoms with Crippen molar-refractivity contribution in [2.45, 2.75) is 96.5 Å². The number of aliphatic hydroxyl groups is 1. The lowest BCUT2D eigenvalue weighted by molar-refractivity contribution is -0.116. The van der Waals surface area contributed by atoms with Gasteiger partial charge in [0.25, 0.3) is 0 Å². The first kappa shape index (κ1) is 25.1. The van der Waals surface area contributed by atoms with Gasteiger partial charge in [-0.3, -0.25) is 4.79 Å². The molecule has 0 saturated carbocycles. The second-order valence-electron chi connectivity index (χ2n) is 8.59. The van der Waals surface area contributed by atoms with Crippen LogP contribution in [0.1, 0.15) is 90.4 Å². The van der Waals surface area contributed by atoms with Crippen LogP contribution in [-0.4, -0.2) is 17.1 Å². The number of fused-ring (bicyclic) bond motifs is 1. The van der Waals surface area contributed by atoms with E-state index in [2.05, 4.69) is 36.5 Å². The van der Waals surface area contributed by atoms with E-state index in [0.717, 1.165) is 55.0 Å². The summed E-state index contributed by atoms with van der Waals surface area (Å²) in [4.78, 5) is 12.3. The summed E-state index contributed by atoms with van der Waals surface area (Å²) < 4.78 is 0. The maximum atomic E-state index is 12.3. The minimum Gasteiger partial charge on any atom is -0.393 e. The van der Waals surface area contributed by atoms with Crippen LogP contribution in [0, 0.1) is 0 Å². The third-order valence-corrected chi connectivity index (χ3v) is 5.80. The van der Waals surface area contributed by atoms with Crippen molar-refractivity contribution in [3.05, 3.63) is 54.6 Å². The predicted molar refractivity (Wildman–Crippen MR) is 133 cm³/mol. The summed E-state index contributed by atoms with van der Waals surface area (Å²) in [7, 11) is 0. The number of anilines is 1. The number of rotatable bonds is 16. The van der Waals surface area contributed by atoms with Crippen LogP contribution in [-0.2, 0) is 4.79 Å². The van der Waals surface area contributed by atoms with Crippen molar-refractivity contribution in [2.24, 2.45) is 0 Å². The summed E-state index contributed by atoms with van der Waals surface area (Å²) in [5, 5.41) is 15.3. The van der Waals surface area contributed by atoms with Crippen LogP contribution in [0.5, 0.6) is 0 Å². The lowest BCUT2D eigenvalue weighted by Gasteiger charge is -2.08. The molecule has 0 aromatic heterocycles. The maximum absolute atomic E-state index is 12.3. The number of nitrogens with one attached hydrogen (secondary N) is 1. The Morgan fingerprint density at radius 2 is 1.65 bits per heavy atom. The third kappa shape index (κ3) is 10.6. The number of carbonyl (C=O) groups excluding carboxylic acids is 1. The van der Waals surface area contributed by atoms with Crippen LogP contribution in [0.2, 0.25) is 0 Å². The molecule has 1 atom stereocenters. The highest BCUT2D eigenvalue weighted by Crippen LogP contribution is 2.23. The van der Waals surface area contributed by atoms with Gasteiger partial charge in [0.05, 0.1) is 6.10 Å². The van der Waals surface area contributed by atoms with E-state index in [1.807, 2.05) is 30.3 Å². The topological polar surface area (TPSA) is 49.3 Å². The lowest BCUT2D eigenvalue weighted by Crippen LogP contribution is -2.11. The zero-order chi connectivity index (χ0) is 22.2. The number of hydrogen-bond donors (Lipinski definition) is 2. The average Bonchev–Trinajstić information content (AvgIpc) is 2.78. The molecule has 2 N–H and O–H groups in total. The molecule has 0 heterocycles. The molecule has 0 aliphatic heterocycles. The van der Waals surface area contributed by atoms with Gasteiger partial charge in [-0.2, -0.15) is 0 Å². The van der Waals surface area contributed by atoms with Gasteiger partial charge < -0.3 is 10.4 Å². The smallest absolute Gasteiger partial charge is 0.224 e. The molecule has 0 aliphatic rings. The Bertz CT molecular complexity index is 778. The minimum absolute atomic E-state index is 0.104. The fourth-order valence-electron chi connectivity index (χ4n) is 3.92. The summed E-state index contributed by atoms with van der Waals surface area (Å²) in [6.07, 6.45) is 18.1. The van der Waals surface area contributed by atoms with Gasteiger partial charge in [-0.25, -0.2) is 0 Å². The standard InChI is InChI=1S/C28H41NO2/c1-2-3-4-11-19-25(30)20-12-9-7-5-6-8-10-13-23-28(31)29-27-22-16-18-24-17-14-15-21-26(24)27/h9,12,14-18,21-22,25,30H,2-8,10-11,13,19-20,23H2,1H3,(H,29,31)/b12-9-/t25-/m1/s1. The molecule has 0 radical (unpaired) electrons.